The third kappa shape index (κ3) is 48.3. The molecule has 0 saturated carbocycles. The van der Waals surface area contributed by atoms with Gasteiger partial charge in [0.15, 0.2) is 6.10 Å². The Balaban J connectivity index is 3.80. The van der Waals surface area contributed by atoms with Crippen molar-refractivity contribution in [1.29, 1.82) is 0 Å². The highest BCUT2D eigenvalue weighted by Gasteiger charge is 2.24. The molecule has 9 heteroatoms. The lowest BCUT2D eigenvalue weighted by atomic mass is 10.0. The van der Waals surface area contributed by atoms with Crippen LogP contribution in [0.15, 0.2) is 0 Å². The van der Waals surface area contributed by atoms with Crippen LogP contribution in [-0.4, -0.2) is 43.3 Å². The number of hydrogen-bond acceptors (Lipinski definition) is 7. The number of rotatable bonds is 51. The highest BCUT2D eigenvalue weighted by atomic mass is 31.2. The van der Waals surface area contributed by atoms with Crippen LogP contribution in [0.5, 0.6) is 0 Å². The van der Waals surface area contributed by atoms with Gasteiger partial charge in [0.1, 0.15) is 6.61 Å². The van der Waals surface area contributed by atoms with Gasteiger partial charge in [-0.25, -0.2) is 4.57 Å². The van der Waals surface area contributed by atoms with Crippen LogP contribution in [0.25, 0.3) is 0 Å². The number of phosphoric acid groups is 1. The second kappa shape index (κ2) is 48.5. The van der Waals surface area contributed by atoms with Crippen molar-refractivity contribution in [3.05, 3.63) is 0 Å². The van der Waals surface area contributed by atoms with Crippen LogP contribution in [-0.2, 0) is 32.7 Å². The molecule has 0 spiro atoms. The molecular formula is C52H103O8P. The number of hydrogen-bond donors (Lipinski definition) is 1. The van der Waals surface area contributed by atoms with E-state index < -0.39 is 19.9 Å². The second-order valence-corrected chi connectivity index (χ2v) is 19.9. The summed E-state index contributed by atoms with van der Waals surface area (Å²) in [6, 6.07) is 0. The Kier molecular flexibility index (Phi) is 47.7. The molecule has 2 unspecified atom stereocenters. The van der Waals surface area contributed by atoms with Crippen molar-refractivity contribution in [3.63, 3.8) is 0 Å². The van der Waals surface area contributed by atoms with Gasteiger partial charge in [0.2, 0.25) is 0 Å². The van der Waals surface area contributed by atoms with Gasteiger partial charge in [0.05, 0.1) is 6.61 Å². The van der Waals surface area contributed by atoms with Gasteiger partial charge < -0.3 is 14.4 Å². The zero-order chi connectivity index (χ0) is 44.6. The van der Waals surface area contributed by atoms with Crippen molar-refractivity contribution < 1.29 is 37.6 Å². The van der Waals surface area contributed by atoms with Crippen molar-refractivity contribution in [3.8, 4) is 0 Å². The normalized spacial score (nSPS) is 13.0. The molecule has 0 aromatic carbocycles. The summed E-state index contributed by atoms with van der Waals surface area (Å²) in [5, 5.41) is 0. The summed E-state index contributed by atoms with van der Waals surface area (Å²) in [5.74, 6) is -0.779. The van der Waals surface area contributed by atoms with E-state index in [4.69, 9.17) is 14.0 Å². The van der Waals surface area contributed by atoms with Crippen LogP contribution in [0, 0.1) is 0 Å². The molecule has 0 fully saturated rings. The molecule has 0 bridgehead atoms. The standard InChI is InChI=1S/C52H103O8P/c1-4-6-8-10-12-14-16-18-20-22-24-25-26-27-28-29-31-33-35-37-39-41-43-45-47-52(54)60-50(49-59-61(55,56)57-3)48-58-51(53)46-44-42-40-38-36-34-32-30-23-21-19-17-15-13-11-9-7-5-2/h50H,4-49H2,1-3H3,(H,55,56). The molecule has 0 aliphatic carbocycles. The Bertz CT molecular complexity index is 962. The third-order valence-corrected chi connectivity index (χ3v) is 13.3. The molecule has 0 rings (SSSR count). The molecule has 0 aromatic rings. The summed E-state index contributed by atoms with van der Waals surface area (Å²) >= 11 is 0. The quantitative estimate of drug-likeness (QED) is 0.0365. The molecule has 0 aromatic heterocycles. The Labute approximate surface area is 378 Å². The molecular weight excluding hydrogens is 784 g/mol. The first kappa shape index (κ1) is 60.1. The Morgan fingerprint density at radius 2 is 0.639 bits per heavy atom. The van der Waals surface area contributed by atoms with E-state index in [1.807, 2.05) is 0 Å². The third-order valence-electron chi connectivity index (χ3n) is 12.4. The minimum absolute atomic E-state index is 0.216. The molecule has 0 saturated heterocycles. The number of esters is 2. The van der Waals surface area contributed by atoms with Crippen LogP contribution in [0.1, 0.15) is 296 Å². The Morgan fingerprint density at radius 1 is 0.393 bits per heavy atom. The smallest absolute Gasteiger partial charge is 0.462 e. The van der Waals surface area contributed by atoms with Crippen LogP contribution in [0.3, 0.4) is 0 Å². The second-order valence-electron chi connectivity index (χ2n) is 18.4. The molecule has 1 N–H and O–H groups in total. The maximum atomic E-state index is 12.6. The van der Waals surface area contributed by atoms with Gasteiger partial charge in [-0.2, -0.15) is 0 Å². The highest BCUT2D eigenvalue weighted by Crippen LogP contribution is 2.42. The molecule has 61 heavy (non-hydrogen) atoms. The molecule has 2 atom stereocenters. The van der Waals surface area contributed by atoms with Gasteiger partial charge in [-0.15, -0.1) is 0 Å². The predicted molar refractivity (Wildman–Crippen MR) is 258 cm³/mol. The van der Waals surface area contributed by atoms with Gasteiger partial charge >= 0.3 is 19.8 Å². The van der Waals surface area contributed by atoms with Gasteiger partial charge in [-0.1, -0.05) is 271 Å². The lowest BCUT2D eigenvalue weighted by Gasteiger charge is -2.19. The van der Waals surface area contributed by atoms with Crippen LogP contribution in [0.2, 0.25) is 0 Å². The zero-order valence-electron chi connectivity index (χ0n) is 40.9. The van der Waals surface area contributed by atoms with Gasteiger partial charge in [0, 0.05) is 20.0 Å². The molecule has 0 aliphatic rings. The summed E-state index contributed by atoms with van der Waals surface area (Å²) < 4.78 is 32.2. The lowest BCUT2D eigenvalue weighted by Crippen LogP contribution is -2.29. The van der Waals surface area contributed by atoms with Crippen LogP contribution >= 0.6 is 7.82 Å². The molecule has 0 heterocycles. The van der Waals surface area contributed by atoms with E-state index in [-0.39, 0.29) is 25.6 Å². The molecule has 0 radical (unpaired) electrons. The Morgan fingerprint density at radius 3 is 0.902 bits per heavy atom. The SMILES string of the molecule is CCCCCCCCCCCCCCCCCCCCCCCCCCC(=O)OC(COC(=O)CCCCCCCCCCCCCCCCCCCC)COP(=O)(O)OC. The highest BCUT2D eigenvalue weighted by molar-refractivity contribution is 7.47. The number of carbonyl (C=O) groups is 2. The molecule has 8 nitrogen and oxygen atoms in total. The summed E-state index contributed by atoms with van der Waals surface area (Å²) in [5.41, 5.74) is 0. The van der Waals surface area contributed by atoms with Crippen molar-refractivity contribution in [2.75, 3.05) is 20.3 Å². The fraction of sp³-hybridized carbons (Fsp3) is 0.962. The van der Waals surface area contributed by atoms with Crippen molar-refractivity contribution in [2.24, 2.45) is 0 Å². The fourth-order valence-corrected chi connectivity index (χ4v) is 8.71. The summed E-state index contributed by atoms with van der Waals surface area (Å²) in [6.45, 7) is 3.96. The predicted octanol–water partition coefficient (Wildman–Crippen LogP) is 17.4. The first-order valence-corrected chi connectivity index (χ1v) is 28.2. The fourth-order valence-electron chi connectivity index (χ4n) is 8.25. The summed E-state index contributed by atoms with van der Waals surface area (Å²) in [6.07, 6.45) is 54.6. The minimum Gasteiger partial charge on any atom is -0.462 e. The van der Waals surface area contributed by atoms with Gasteiger partial charge in [-0.3, -0.25) is 18.6 Å². The molecule has 364 valence electrons. The average molecular weight is 887 g/mol. The monoisotopic (exact) mass is 887 g/mol. The molecule has 0 amide bonds. The largest absolute Gasteiger partial charge is 0.472 e. The number of ether oxygens (including phenoxy) is 2. The van der Waals surface area contributed by atoms with E-state index in [0.29, 0.717) is 6.42 Å². The average Bonchev–Trinajstić information content (AvgIpc) is 3.25. The van der Waals surface area contributed by atoms with E-state index >= 15 is 0 Å². The zero-order valence-corrected chi connectivity index (χ0v) is 41.8. The van der Waals surface area contributed by atoms with Gasteiger partial charge in [-0.05, 0) is 12.8 Å². The summed E-state index contributed by atoms with van der Waals surface area (Å²) in [4.78, 5) is 34.7. The van der Waals surface area contributed by atoms with Crippen molar-refractivity contribution >= 4 is 19.8 Å². The number of carbonyl (C=O) groups excluding carboxylic acids is 2. The number of unbranched alkanes of at least 4 members (excludes halogenated alkanes) is 40. The first-order chi connectivity index (χ1) is 29.8. The van der Waals surface area contributed by atoms with Crippen molar-refractivity contribution in [2.45, 2.75) is 302 Å². The van der Waals surface area contributed by atoms with E-state index in [1.165, 1.54) is 231 Å². The summed E-state index contributed by atoms with van der Waals surface area (Å²) in [7, 11) is -3.19. The van der Waals surface area contributed by atoms with Crippen LogP contribution < -0.4 is 0 Å². The molecule has 0 aliphatic heterocycles. The number of phosphoric ester groups is 1. The maximum absolute atomic E-state index is 12.6. The van der Waals surface area contributed by atoms with E-state index in [2.05, 4.69) is 18.4 Å². The Hall–Kier alpha value is -0.950. The minimum atomic E-state index is -4.26. The van der Waals surface area contributed by atoms with Crippen LogP contribution in [0.4, 0.5) is 0 Å². The van der Waals surface area contributed by atoms with Crippen molar-refractivity contribution in [1.82, 2.24) is 0 Å². The van der Waals surface area contributed by atoms with E-state index in [1.54, 1.807) is 0 Å². The first-order valence-electron chi connectivity index (χ1n) is 26.7. The van der Waals surface area contributed by atoms with E-state index in [0.717, 1.165) is 45.6 Å². The topological polar surface area (TPSA) is 108 Å². The van der Waals surface area contributed by atoms with Gasteiger partial charge in [0.25, 0.3) is 0 Å². The lowest BCUT2D eigenvalue weighted by molar-refractivity contribution is -0.161. The van der Waals surface area contributed by atoms with E-state index in [9.17, 15) is 19.0 Å². The maximum Gasteiger partial charge on any atom is 0.472 e.